The van der Waals surface area contributed by atoms with Crippen LogP contribution >= 0.6 is 0 Å². The Morgan fingerprint density at radius 2 is 2.00 bits per heavy atom. The number of carbonyl (C=O) groups excluding carboxylic acids is 1. The minimum absolute atomic E-state index is 0.237. The highest BCUT2D eigenvalue weighted by Crippen LogP contribution is 2.37. The summed E-state index contributed by atoms with van der Waals surface area (Å²) in [7, 11) is 1.68. The Hall–Kier alpha value is -2.35. The smallest absolute Gasteiger partial charge is 0.381 e. The van der Waals surface area contributed by atoms with Crippen LogP contribution in [0.2, 0.25) is 0 Å². The zero-order valence-corrected chi connectivity index (χ0v) is 15.3. The largest absolute Gasteiger partial charge is 0.416 e. The number of rotatable bonds is 4. The predicted molar refractivity (Wildman–Crippen MR) is 93.5 cm³/mol. The van der Waals surface area contributed by atoms with Crippen molar-refractivity contribution >= 4 is 5.91 Å². The molecule has 0 saturated carbocycles. The van der Waals surface area contributed by atoms with Gasteiger partial charge in [0.25, 0.3) is 5.91 Å². The number of hydrogen-bond acceptors (Lipinski definition) is 3. The minimum Gasteiger partial charge on any atom is -0.381 e. The lowest BCUT2D eigenvalue weighted by atomic mass is 9.73. The topological polar surface area (TPSA) is 56.1 Å². The number of amides is 1. The summed E-state index contributed by atoms with van der Waals surface area (Å²) >= 11 is 0. The monoisotopic (exact) mass is 381 g/mol. The number of carbonyl (C=O) groups is 1. The van der Waals surface area contributed by atoms with E-state index in [0.717, 1.165) is 11.8 Å². The highest BCUT2D eigenvalue weighted by Gasteiger charge is 2.37. The third-order valence-corrected chi connectivity index (χ3v) is 5.07. The van der Waals surface area contributed by atoms with Crippen LogP contribution in [0.25, 0.3) is 0 Å². The molecule has 1 N–H and O–H groups in total. The van der Waals surface area contributed by atoms with Gasteiger partial charge in [0.2, 0.25) is 0 Å². The van der Waals surface area contributed by atoms with E-state index in [1.165, 1.54) is 16.8 Å². The normalized spacial score (nSPS) is 16.9. The number of alkyl halides is 3. The van der Waals surface area contributed by atoms with Crippen LogP contribution in [-0.4, -0.2) is 35.4 Å². The summed E-state index contributed by atoms with van der Waals surface area (Å²) in [6.45, 7) is 2.91. The maximum atomic E-state index is 13.1. The lowest BCUT2D eigenvalue weighted by Crippen LogP contribution is -2.45. The molecule has 0 radical (unpaired) electrons. The van der Waals surface area contributed by atoms with Crippen LogP contribution in [0.4, 0.5) is 13.2 Å². The molecule has 1 amide bonds. The van der Waals surface area contributed by atoms with Crippen LogP contribution in [0.1, 0.15) is 40.2 Å². The first-order chi connectivity index (χ1) is 12.7. The van der Waals surface area contributed by atoms with Crippen molar-refractivity contribution in [1.82, 2.24) is 15.1 Å². The lowest BCUT2D eigenvalue weighted by molar-refractivity contribution is -0.137. The standard InChI is InChI=1S/C19H22F3N3O2/c1-13-10-16(25(2)24-13)17(26)23-12-18(6-8-27-9-7-18)14-4-3-5-15(11-14)19(20,21)22/h3-5,10-11H,6-9,12H2,1-2H3,(H,23,26). The van der Waals surface area contributed by atoms with Crippen LogP contribution in [0, 0.1) is 6.92 Å². The lowest BCUT2D eigenvalue weighted by Gasteiger charge is -2.38. The van der Waals surface area contributed by atoms with Crippen molar-refractivity contribution < 1.29 is 22.7 Å². The minimum atomic E-state index is -4.40. The first-order valence-electron chi connectivity index (χ1n) is 8.76. The summed E-state index contributed by atoms with van der Waals surface area (Å²) in [5.41, 5.74) is 0.435. The number of benzene rings is 1. The number of hydrogen-bond donors (Lipinski definition) is 1. The Morgan fingerprint density at radius 3 is 2.59 bits per heavy atom. The van der Waals surface area contributed by atoms with Gasteiger partial charge < -0.3 is 10.1 Å². The first kappa shape index (κ1) is 19.4. The van der Waals surface area contributed by atoms with Gasteiger partial charge in [-0.3, -0.25) is 9.48 Å². The molecule has 8 heteroatoms. The summed E-state index contributed by atoms with van der Waals surface area (Å²) in [6, 6.07) is 7.04. The second-order valence-corrected chi connectivity index (χ2v) is 6.95. The second kappa shape index (κ2) is 7.34. The zero-order chi connectivity index (χ0) is 19.7. The molecule has 146 valence electrons. The van der Waals surface area contributed by atoms with E-state index in [1.807, 2.05) is 0 Å². The van der Waals surface area contributed by atoms with Crippen LogP contribution in [0.5, 0.6) is 0 Å². The molecule has 0 aliphatic carbocycles. The van der Waals surface area contributed by atoms with E-state index >= 15 is 0 Å². The van der Waals surface area contributed by atoms with Gasteiger partial charge in [0.05, 0.1) is 11.3 Å². The number of nitrogens with one attached hydrogen (secondary N) is 1. The molecule has 5 nitrogen and oxygen atoms in total. The van der Waals surface area contributed by atoms with E-state index in [4.69, 9.17) is 4.74 Å². The van der Waals surface area contributed by atoms with E-state index < -0.39 is 17.2 Å². The van der Waals surface area contributed by atoms with Crippen molar-refractivity contribution in [3.05, 3.63) is 52.8 Å². The van der Waals surface area contributed by atoms with Gasteiger partial charge in [-0.05, 0) is 37.5 Å². The number of halogens is 3. The molecule has 0 bridgehead atoms. The molecule has 0 unspecified atom stereocenters. The van der Waals surface area contributed by atoms with Crippen molar-refractivity contribution in [2.24, 2.45) is 7.05 Å². The van der Waals surface area contributed by atoms with Gasteiger partial charge in [-0.15, -0.1) is 0 Å². The molecule has 0 atom stereocenters. The number of aryl methyl sites for hydroxylation is 2. The highest BCUT2D eigenvalue weighted by atomic mass is 19.4. The van der Waals surface area contributed by atoms with Crippen LogP contribution in [0.15, 0.2) is 30.3 Å². The molecule has 1 saturated heterocycles. The van der Waals surface area contributed by atoms with Crippen LogP contribution in [0.3, 0.4) is 0 Å². The maximum Gasteiger partial charge on any atom is 0.416 e. The average Bonchev–Trinajstić information content (AvgIpc) is 2.98. The predicted octanol–water partition coefficient (Wildman–Crippen LogP) is 3.23. The summed E-state index contributed by atoms with van der Waals surface area (Å²) in [5, 5.41) is 7.04. The molecule has 0 spiro atoms. The van der Waals surface area contributed by atoms with Gasteiger partial charge in [0, 0.05) is 32.2 Å². The Kier molecular flexibility index (Phi) is 5.28. The van der Waals surface area contributed by atoms with Crippen molar-refractivity contribution in [2.45, 2.75) is 31.4 Å². The Labute approximate surface area is 155 Å². The summed E-state index contributed by atoms with van der Waals surface area (Å²) < 4.78 is 46.3. The van der Waals surface area contributed by atoms with Gasteiger partial charge >= 0.3 is 6.18 Å². The van der Waals surface area contributed by atoms with Crippen LogP contribution in [-0.2, 0) is 23.4 Å². The van der Waals surface area contributed by atoms with E-state index in [0.29, 0.717) is 37.3 Å². The Balaban J connectivity index is 1.85. The highest BCUT2D eigenvalue weighted by molar-refractivity contribution is 5.92. The van der Waals surface area contributed by atoms with E-state index in [-0.39, 0.29) is 12.5 Å². The fraction of sp³-hybridized carbons (Fsp3) is 0.474. The van der Waals surface area contributed by atoms with Crippen molar-refractivity contribution in [3.63, 3.8) is 0 Å². The molecule has 2 aromatic rings. The van der Waals surface area contributed by atoms with Gasteiger partial charge in [-0.25, -0.2) is 0 Å². The summed E-state index contributed by atoms with van der Waals surface area (Å²) in [5.74, 6) is -0.295. The molecule has 27 heavy (non-hydrogen) atoms. The summed E-state index contributed by atoms with van der Waals surface area (Å²) in [6.07, 6.45) is -3.32. The molecule has 2 heterocycles. The Morgan fingerprint density at radius 1 is 1.30 bits per heavy atom. The molecule has 3 rings (SSSR count). The number of aromatic nitrogens is 2. The van der Waals surface area contributed by atoms with Gasteiger partial charge in [-0.1, -0.05) is 18.2 Å². The van der Waals surface area contributed by atoms with Crippen molar-refractivity contribution in [1.29, 1.82) is 0 Å². The summed E-state index contributed by atoms with van der Waals surface area (Å²) in [4.78, 5) is 12.5. The van der Waals surface area contributed by atoms with Gasteiger partial charge in [0.1, 0.15) is 5.69 Å². The maximum absolute atomic E-state index is 13.1. The van der Waals surface area contributed by atoms with Gasteiger partial charge in [-0.2, -0.15) is 18.3 Å². The Bertz CT molecular complexity index is 824. The molecule has 1 aliphatic heterocycles. The van der Waals surface area contributed by atoms with Crippen LogP contribution < -0.4 is 5.32 Å². The number of ether oxygens (including phenoxy) is 1. The van der Waals surface area contributed by atoms with Crippen molar-refractivity contribution in [2.75, 3.05) is 19.8 Å². The van der Waals surface area contributed by atoms with E-state index in [9.17, 15) is 18.0 Å². The molecule has 1 aromatic heterocycles. The molecule has 1 aliphatic rings. The van der Waals surface area contributed by atoms with E-state index in [1.54, 1.807) is 26.1 Å². The zero-order valence-electron chi connectivity index (χ0n) is 15.3. The van der Waals surface area contributed by atoms with Crippen molar-refractivity contribution in [3.8, 4) is 0 Å². The average molecular weight is 381 g/mol. The quantitative estimate of drug-likeness (QED) is 0.885. The van der Waals surface area contributed by atoms with E-state index in [2.05, 4.69) is 10.4 Å². The molecule has 1 aromatic carbocycles. The third kappa shape index (κ3) is 4.16. The number of nitrogens with zero attached hydrogens (tertiary/aromatic N) is 2. The molecular weight excluding hydrogens is 359 g/mol. The fourth-order valence-corrected chi connectivity index (χ4v) is 3.52. The fourth-order valence-electron chi connectivity index (χ4n) is 3.52. The first-order valence-corrected chi connectivity index (χ1v) is 8.76. The SMILES string of the molecule is Cc1cc(C(=O)NCC2(c3cccc(C(F)(F)F)c3)CCOCC2)n(C)n1. The molecular formula is C19H22F3N3O2. The third-order valence-electron chi connectivity index (χ3n) is 5.07. The van der Waals surface area contributed by atoms with Gasteiger partial charge in [0.15, 0.2) is 0 Å². The molecule has 1 fully saturated rings. The second-order valence-electron chi connectivity index (χ2n) is 6.95.